The van der Waals surface area contributed by atoms with Crippen molar-refractivity contribution in [3.05, 3.63) is 35.4 Å². The minimum atomic E-state index is -0.827. The molecule has 0 aliphatic carbocycles. The standard InChI is InChI=1S/C21H30N2O5.CH2O2/c1-15(24)22-20(2)9-12-28-21(19(20)27)7-10-23(11-8-21)14-17-5-3-16(4-6-17)13-18(25)26;2-1-3/h3-6,19,27H,7-14H2,1-2H3,(H,22,24)(H,25,26);1H,(H,2,3)/t19-,20+;/m1./s1. The molecule has 1 spiro atoms. The summed E-state index contributed by atoms with van der Waals surface area (Å²) in [5.41, 5.74) is 0.659. The van der Waals surface area contributed by atoms with Gasteiger partial charge in [0.25, 0.3) is 6.47 Å². The van der Waals surface area contributed by atoms with Crippen molar-refractivity contribution in [3.63, 3.8) is 0 Å². The summed E-state index contributed by atoms with van der Waals surface area (Å²) in [7, 11) is 0. The Morgan fingerprint density at radius 2 is 1.74 bits per heavy atom. The summed E-state index contributed by atoms with van der Waals surface area (Å²) < 4.78 is 6.06. The molecular weight excluding hydrogens is 404 g/mol. The third-order valence-electron chi connectivity index (χ3n) is 6.06. The van der Waals surface area contributed by atoms with Crippen molar-refractivity contribution < 1.29 is 34.4 Å². The van der Waals surface area contributed by atoms with Crippen LogP contribution in [0.5, 0.6) is 0 Å². The predicted molar refractivity (Wildman–Crippen MR) is 113 cm³/mol. The molecule has 172 valence electrons. The number of carboxylic acids is 1. The number of aliphatic carboxylic acids is 1. The lowest BCUT2D eigenvalue weighted by molar-refractivity contribution is -0.208. The van der Waals surface area contributed by atoms with Crippen LogP contribution >= 0.6 is 0 Å². The van der Waals surface area contributed by atoms with Crippen LogP contribution in [0.1, 0.15) is 44.2 Å². The topological polar surface area (TPSA) is 136 Å². The number of hydrogen-bond donors (Lipinski definition) is 4. The Kier molecular flexibility index (Phi) is 8.55. The second kappa shape index (κ2) is 10.7. The van der Waals surface area contributed by atoms with Crippen LogP contribution in [0.3, 0.4) is 0 Å². The van der Waals surface area contributed by atoms with Gasteiger partial charge in [-0.05, 0) is 37.3 Å². The van der Waals surface area contributed by atoms with E-state index >= 15 is 0 Å². The number of amides is 1. The highest BCUT2D eigenvalue weighted by molar-refractivity contribution is 5.74. The fraction of sp³-hybridized carbons (Fsp3) is 0.591. The first-order chi connectivity index (χ1) is 14.6. The molecule has 0 aromatic heterocycles. The number of aliphatic hydroxyl groups is 1. The van der Waals surface area contributed by atoms with Crippen LogP contribution in [0, 0.1) is 0 Å². The zero-order chi connectivity index (χ0) is 23.1. The van der Waals surface area contributed by atoms with E-state index in [0.717, 1.165) is 30.8 Å². The van der Waals surface area contributed by atoms with Crippen molar-refractivity contribution in [2.45, 2.75) is 63.3 Å². The molecular formula is C22H32N2O7. The van der Waals surface area contributed by atoms with E-state index in [9.17, 15) is 14.7 Å². The van der Waals surface area contributed by atoms with Gasteiger partial charge in [0.15, 0.2) is 0 Å². The Morgan fingerprint density at radius 1 is 1.19 bits per heavy atom. The maximum Gasteiger partial charge on any atom is 0.307 e. The van der Waals surface area contributed by atoms with Gasteiger partial charge in [0.05, 0.1) is 17.6 Å². The summed E-state index contributed by atoms with van der Waals surface area (Å²) >= 11 is 0. The number of benzene rings is 1. The van der Waals surface area contributed by atoms with E-state index in [1.165, 1.54) is 6.92 Å². The highest BCUT2D eigenvalue weighted by Crippen LogP contribution is 2.40. The molecule has 0 radical (unpaired) electrons. The monoisotopic (exact) mass is 436 g/mol. The van der Waals surface area contributed by atoms with Gasteiger partial charge in [-0.15, -0.1) is 0 Å². The van der Waals surface area contributed by atoms with E-state index in [1.807, 2.05) is 31.2 Å². The van der Waals surface area contributed by atoms with Crippen molar-refractivity contribution in [1.29, 1.82) is 0 Å². The molecule has 2 aliphatic heterocycles. The number of rotatable bonds is 5. The van der Waals surface area contributed by atoms with Gasteiger partial charge in [0, 0.05) is 33.2 Å². The van der Waals surface area contributed by atoms with Crippen LogP contribution in [0.15, 0.2) is 24.3 Å². The molecule has 4 N–H and O–H groups in total. The summed E-state index contributed by atoms with van der Waals surface area (Å²) in [6.07, 6.45) is 1.31. The Hall–Kier alpha value is -2.49. The van der Waals surface area contributed by atoms with E-state index in [2.05, 4.69) is 10.2 Å². The molecule has 2 aliphatic rings. The summed E-state index contributed by atoms with van der Waals surface area (Å²) in [4.78, 5) is 33.0. The van der Waals surface area contributed by atoms with Crippen molar-refractivity contribution in [2.75, 3.05) is 19.7 Å². The van der Waals surface area contributed by atoms with Crippen LogP contribution in [-0.2, 0) is 32.1 Å². The number of carboxylic acid groups (broad SMARTS) is 2. The molecule has 9 nitrogen and oxygen atoms in total. The van der Waals surface area contributed by atoms with Crippen molar-refractivity contribution >= 4 is 18.3 Å². The summed E-state index contributed by atoms with van der Waals surface area (Å²) in [5.74, 6) is -0.964. The lowest BCUT2D eigenvalue weighted by Crippen LogP contribution is -2.69. The van der Waals surface area contributed by atoms with Gasteiger partial charge in [-0.25, -0.2) is 0 Å². The van der Waals surface area contributed by atoms with Crippen LogP contribution in [-0.4, -0.2) is 75.5 Å². The van der Waals surface area contributed by atoms with Gasteiger partial charge in [0.2, 0.25) is 5.91 Å². The minimum Gasteiger partial charge on any atom is -0.483 e. The molecule has 1 aromatic carbocycles. The molecule has 0 bridgehead atoms. The molecule has 0 saturated carbocycles. The molecule has 1 amide bonds. The maximum atomic E-state index is 11.6. The number of nitrogens with one attached hydrogen (secondary N) is 1. The van der Waals surface area contributed by atoms with Gasteiger partial charge in [0.1, 0.15) is 6.10 Å². The van der Waals surface area contributed by atoms with Crippen LogP contribution in [0.25, 0.3) is 0 Å². The number of aliphatic hydroxyl groups excluding tert-OH is 1. The lowest BCUT2D eigenvalue weighted by Gasteiger charge is -2.53. The van der Waals surface area contributed by atoms with Crippen LogP contribution in [0.4, 0.5) is 0 Å². The first kappa shape index (κ1) is 24.8. The highest BCUT2D eigenvalue weighted by atomic mass is 16.5. The molecule has 2 saturated heterocycles. The molecule has 2 atom stereocenters. The largest absolute Gasteiger partial charge is 0.483 e. The third-order valence-corrected chi connectivity index (χ3v) is 6.06. The van der Waals surface area contributed by atoms with Crippen LogP contribution in [0.2, 0.25) is 0 Å². The van der Waals surface area contributed by atoms with E-state index in [1.54, 1.807) is 0 Å². The fourth-order valence-electron chi connectivity index (χ4n) is 4.50. The summed E-state index contributed by atoms with van der Waals surface area (Å²) in [5, 5.41) is 29.7. The quantitative estimate of drug-likeness (QED) is 0.503. The number of hydrogen-bond acceptors (Lipinski definition) is 6. The Balaban J connectivity index is 0.00000107. The van der Waals surface area contributed by atoms with E-state index in [4.69, 9.17) is 19.7 Å². The van der Waals surface area contributed by atoms with E-state index in [0.29, 0.717) is 25.9 Å². The second-order valence-corrected chi connectivity index (χ2v) is 8.43. The molecule has 0 unspecified atom stereocenters. The number of likely N-dealkylation sites (tertiary alicyclic amines) is 1. The molecule has 9 heteroatoms. The summed E-state index contributed by atoms with van der Waals surface area (Å²) in [6.45, 7) is 6.02. The number of carbonyl (C=O) groups excluding carboxylic acids is 1. The van der Waals surface area contributed by atoms with E-state index < -0.39 is 23.2 Å². The van der Waals surface area contributed by atoms with Crippen LogP contribution < -0.4 is 5.32 Å². The Morgan fingerprint density at radius 3 is 2.26 bits per heavy atom. The molecule has 1 aromatic rings. The Bertz CT molecular complexity index is 760. The Labute approximate surface area is 182 Å². The number of ether oxygens (including phenoxy) is 1. The first-order valence-electron chi connectivity index (χ1n) is 10.3. The molecule has 2 fully saturated rings. The van der Waals surface area contributed by atoms with Gasteiger partial charge in [-0.1, -0.05) is 24.3 Å². The van der Waals surface area contributed by atoms with Gasteiger partial charge < -0.3 is 25.4 Å². The normalized spacial score (nSPS) is 25.2. The maximum absolute atomic E-state index is 11.6. The lowest BCUT2D eigenvalue weighted by atomic mass is 9.73. The van der Waals surface area contributed by atoms with Crippen molar-refractivity contribution in [1.82, 2.24) is 10.2 Å². The molecule has 2 heterocycles. The predicted octanol–water partition coefficient (Wildman–Crippen LogP) is 1.03. The average molecular weight is 437 g/mol. The van der Waals surface area contributed by atoms with Crippen molar-refractivity contribution in [2.24, 2.45) is 0 Å². The molecule has 3 rings (SSSR count). The van der Waals surface area contributed by atoms with Gasteiger partial charge in [-0.3, -0.25) is 19.3 Å². The fourth-order valence-corrected chi connectivity index (χ4v) is 4.50. The highest BCUT2D eigenvalue weighted by Gasteiger charge is 2.53. The van der Waals surface area contributed by atoms with Crippen molar-refractivity contribution in [3.8, 4) is 0 Å². The minimum absolute atomic E-state index is 0.0365. The molecule has 31 heavy (non-hydrogen) atoms. The summed E-state index contributed by atoms with van der Waals surface area (Å²) in [6, 6.07) is 7.68. The number of nitrogens with zero attached hydrogens (tertiary/aromatic N) is 1. The third kappa shape index (κ3) is 6.49. The average Bonchev–Trinajstić information content (AvgIpc) is 2.69. The zero-order valence-corrected chi connectivity index (χ0v) is 18.0. The van der Waals surface area contributed by atoms with Gasteiger partial charge in [-0.2, -0.15) is 0 Å². The first-order valence-corrected chi connectivity index (χ1v) is 10.3. The smallest absolute Gasteiger partial charge is 0.307 e. The second-order valence-electron chi connectivity index (χ2n) is 8.43. The zero-order valence-electron chi connectivity index (χ0n) is 18.0. The van der Waals surface area contributed by atoms with E-state index in [-0.39, 0.29) is 18.8 Å². The van der Waals surface area contributed by atoms with Gasteiger partial charge >= 0.3 is 5.97 Å². The SMILES string of the molecule is CC(=O)N[C@@]1(C)CCOC2(CCN(Cc3ccc(CC(=O)O)cc3)CC2)[C@@H]1O.O=CO. The number of carbonyl (C=O) groups is 3. The number of piperidine rings is 1.